The van der Waals surface area contributed by atoms with E-state index >= 15 is 0 Å². The number of nitrogens with one attached hydrogen (secondary N) is 1. The summed E-state index contributed by atoms with van der Waals surface area (Å²) in [4.78, 5) is 0. The minimum Gasteiger partial charge on any atom is -0.354 e. The second-order valence-electron chi connectivity index (χ2n) is 0.883. The molecule has 1 atom stereocenters. The molecule has 1 N–H and O–H groups in total. The van der Waals surface area contributed by atoms with Crippen molar-refractivity contribution in [3.05, 3.63) is 12.4 Å². The highest BCUT2D eigenvalue weighted by Crippen LogP contribution is 2.20. The quantitative estimate of drug-likeness (QED) is 0.381. The first-order valence-electron chi connectivity index (χ1n) is 1.52. The summed E-state index contributed by atoms with van der Waals surface area (Å²) in [7, 11) is 0.520. The standard InChI is InChI=1S/C2H4ClN2P/c3-5-2-1-4-6-5/h1-2,4,6H. The van der Waals surface area contributed by atoms with Crippen LogP contribution in [0.5, 0.6) is 0 Å². The normalized spacial score (nSPS) is 22.5. The van der Waals surface area contributed by atoms with Gasteiger partial charge in [-0.2, -0.15) is 0 Å². The van der Waals surface area contributed by atoms with Gasteiger partial charge in [-0.3, -0.25) is 4.19 Å². The lowest BCUT2D eigenvalue weighted by atomic mass is 11.0. The first-order chi connectivity index (χ1) is 2.89. The Hall–Kier alpha value is 0.0600. The van der Waals surface area contributed by atoms with Gasteiger partial charge < -0.3 is 5.09 Å². The zero-order chi connectivity index (χ0) is 4.41. The topological polar surface area (TPSA) is 15.3 Å². The molecule has 0 radical (unpaired) electrons. The fourth-order valence-corrected chi connectivity index (χ4v) is 0.863. The van der Waals surface area contributed by atoms with E-state index in [4.69, 9.17) is 11.8 Å². The molecule has 6 heavy (non-hydrogen) atoms. The predicted molar refractivity (Wildman–Crippen MR) is 28.3 cm³/mol. The second-order valence-corrected chi connectivity index (χ2v) is 2.52. The van der Waals surface area contributed by atoms with Gasteiger partial charge in [0.2, 0.25) is 0 Å². The SMILES string of the molecule is ClN1C=CNP1. The van der Waals surface area contributed by atoms with Gasteiger partial charge in [-0.1, -0.05) is 0 Å². The van der Waals surface area contributed by atoms with Crippen molar-refractivity contribution >= 4 is 20.7 Å². The van der Waals surface area contributed by atoms with Crippen LogP contribution in [0.25, 0.3) is 0 Å². The van der Waals surface area contributed by atoms with Crippen LogP contribution < -0.4 is 5.09 Å². The van der Waals surface area contributed by atoms with Crippen molar-refractivity contribution in [2.45, 2.75) is 0 Å². The Kier molecular flexibility index (Phi) is 1.18. The Morgan fingerprint density at radius 3 is 2.83 bits per heavy atom. The molecule has 1 heterocycles. The molecule has 0 aromatic heterocycles. The Morgan fingerprint density at radius 2 is 2.67 bits per heavy atom. The number of hydrogen-bond acceptors (Lipinski definition) is 2. The van der Waals surface area contributed by atoms with Crippen LogP contribution in [-0.4, -0.2) is 4.19 Å². The van der Waals surface area contributed by atoms with Crippen molar-refractivity contribution in [1.29, 1.82) is 0 Å². The molecule has 0 amide bonds. The van der Waals surface area contributed by atoms with Gasteiger partial charge in [-0.25, -0.2) is 0 Å². The predicted octanol–water partition coefficient (Wildman–Crippen LogP) is 1.03. The molecule has 1 aliphatic rings. The van der Waals surface area contributed by atoms with Crippen molar-refractivity contribution < 1.29 is 0 Å². The molecule has 0 aliphatic carbocycles. The van der Waals surface area contributed by atoms with E-state index < -0.39 is 0 Å². The molecule has 4 heteroatoms. The maximum Gasteiger partial charge on any atom is 0.0925 e. The monoisotopic (exact) mass is 122 g/mol. The van der Waals surface area contributed by atoms with E-state index in [-0.39, 0.29) is 0 Å². The van der Waals surface area contributed by atoms with E-state index in [2.05, 4.69) is 5.09 Å². The number of halogens is 1. The summed E-state index contributed by atoms with van der Waals surface area (Å²) in [5, 5.41) is 2.91. The molecule has 0 spiro atoms. The summed E-state index contributed by atoms with van der Waals surface area (Å²) in [5.74, 6) is 0. The highest BCUT2D eigenvalue weighted by molar-refractivity contribution is 7.35. The Labute approximate surface area is 43.2 Å². The third-order valence-electron chi connectivity index (χ3n) is 0.460. The van der Waals surface area contributed by atoms with E-state index in [1.165, 1.54) is 0 Å². The van der Waals surface area contributed by atoms with Crippen molar-refractivity contribution in [3.63, 3.8) is 0 Å². The van der Waals surface area contributed by atoms with Gasteiger partial charge in [0.15, 0.2) is 0 Å². The lowest BCUT2D eigenvalue weighted by molar-refractivity contribution is 1.02. The van der Waals surface area contributed by atoms with Crippen LogP contribution in [-0.2, 0) is 0 Å². The first kappa shape index (κ1) is 4.23. The molecule has 0 aromatic rings. The van der Waals surface area contributed by atoms with E-state index in [9.17, 15) is 0 Å². The van der Waals surface area contributed by atoms with Crippen LogP contribution >= 0.6 is 20.7 Å². The first-order valence-corrected chi connectivity index (χ1v) is 2.81. The molecule has 34 valence electrons. The largest absolute Gasteiger partial charge is 0.354 e. The van der Waals surface area contributed by atoms with Crippen LogP contribution in [0.2, 0.25) is 0 Å². The Bertz CT molecular complexity index is 73.9. The van der Waals surface area contributed by atoms with E-state index in [0.29, 0.717) is 8.88 Å². The summed E-state index contributed by atoms with van der Waals surface area (Å²) in [5.41, 5.74) is 0. The van der Waals surface area contributed by atoms with Crippen LogP contribution in [0.1, 0.15) is 0 Å². The van der Waals surface area contributed by atoms with Gasteiger partial charge in [0.05, 0.1) is 8.88 Å². The van der Waals surface area contributed by atoms with Gasteiger partial charge in [-0.05, 0) is 0 Å². The molecular weight excluding hydrogens is 118 g/mol. The average Bonchev–Trinajstić information content (AvgIpc) is 1.86. The molecule has 2 nitrogen and oxygen atoms in total. The van der Waals surface area contributed by atoms with Crippen LogP contribution in [0.4, 0.5) is 0 Å². The van der Waals surface area contributed by atoms with Gasteiger partial charge in [0, 0.05) is 24.2 Å². The summed E-state index contributed by atoms with van der Waals surface area (Å²) in [6.07, 6.45) is 3.59. The van der Waals surface area contributed by atoms with Crippen LogP contribution in [0.3, 0.4) is 0 Å². The third kappa shape index (κ3) is 0.763. The lowest BCUT2D eigenvalue weighted by Gasteiger charge is -1.96. The van der Waals surface area contributed by atoms with Crippen molar-refractivity contribution in [2.75, 3.05) is 0 Å². The fraction of sp³-hybridized carbons (Fsp3) is 0. The van der Waals surface area contributed by atoms with Gasteiger partial charge in [-0.15, -0.1) is 0 Å². The van der Waals surface area contributed by atoms with E-state index in [1.807, 2.05) is 6.20 Å². The van der Waals surface area contributed by atoms with Gasteiger partial charge >= 0.3 is 0 Å². The molecular formula is C2H4ClN2P. The number of rotatable bonds is 0. The summed E-state index contributed by atoms with van der Waals surface area (Å²) in [6.45, 7) is 0. The van der Waals surface area contributed by atoms with Gasteiger partial charge in [0.1, 0.15) is 0 Å². The van der Waals surface area contributed by atoms with Crippen molar-refractivity contribution in [2.24, 2.45) is 0 Å². The average molecular weight is 122 g/mol. The van der Waals surface area contributed by atoms with Crippen molar-refractivity contribution in [1.82, 2.24) is 9.28 Å². The lowest BCUT2D eigenvalue weighted by Crippen LogP contribution is -1.83. The molecule has 0 saturated heterocycles. The smallest absolute Gasteiger partial charge is 0.0925 e. The van der Waals surface area contributed by atoms with E-state index in [0.717, 1.165) is 0 Å². The molecule has 0 saturated carbocycles. The molecule has 0 fully saturated rings. The minimum absolute atomic E-state index is 0.520. The molecule has 1 unspecified atom stereocenters. The van der Waals surface area contributed by atoms with Gasteiger partial charge in [0.25, 0.3) is 0 Å². The summed E-state index contributed by atoms with van der Waals surface area (Å²) < 4.78 is 1.57. The molecule has 1 aliphatic heterocycles. The van der Waals surface area contributed by atoms with Crippen LogP contribution in [0, 0.1) is 0 Å². The Morgan fingerprint density at radius 1 is 1.83 bits per heavy atom. The minimum atomic E-state index is 0.520. The second kappa shape index (κ2) is 1.67. The summed E-state index contributed by atoms with van der Waals surface area (Å²) >= 11 is 5.41. The zero-order valence-electron chi connectivity index (χ0n) is 2.98. The highest BCUT2D eigenvalue weighted by atomic mass is 35.5. The maximum atomic E-state index is 5.41. The molecule has 1 rings (SSSR count). The molecule has 0 bridgehead atoms. The van der Waals surface area contributed by atoms with Crippen LogP contribution in [0.15, 0.2) is 12.4 Å². The van der Waals surface area contributed by atoms with Crippen molar-refractivity contribution in [3.8, 4) is 0 Å². The third-order valence-corrected chi connectivity index (χ3v) is 1.48. The number of nitrogens with zero attached hydrogens (tertiary/aromatic N) is 1. The zero-order valence-corrected chi connectivity index (χ0v) is 4.74. The van der Waals surface area contributed by atoms with E-state index in [1.54, 1.807) is 10.4 Å². The highest BCUT2D eigenvalue weighted by Gasteiger charge is 1.94. The number of hydrogen-bond donors (Lipinski definition) is 1. The molecule has 0 aromatic carbocycles. The summed E-state index contributed by atoms with van der Waals surface area (Å²) in [6, 6.07) is 0. The maximum absolute atomic E-state index is 5.41. The Balaban J connectivity index is 2.38. The fourth-order valence-electron chi connectivity index (χ4n) is 0.239.